The van der Waals surface area contributed by atoms with Gasteiger partial charge in [0.1, 0.15) is 24.1 Å². The summed E-state index contributed by atoms with van der Waals surface area (Å²) in [5, 5.41) is 2.90. The number of fused-ring (bicyclic) bond motifs is 1. The zero-order valence-corrected chi connectivity index (χ0v) is 14.3. The summed E-state index contributed by atoms with van der Waals surface area (Å²) in [5.74, 6) is 0.400. The Morgan fingerprint density at radius 1 is 1.29 bits per heavy atom. The molecule has 1 saturated carbocycles. The number of hydrogen-bond acceptors (Lipinski definition) is 5. The fourth-order valence-corrected chi connectivity index (χ4v) is 3.05. The van der Waals surface area contributed by atoms with Crippen LogP contribution in [0.4, 0.5) is 4.79 Å². The fourth-order valence-electron chi connectivity index (χ4n) is 3.05. The molecule has 0 saturated heterocycles. The molecule has 1 aromatic carbocycles. The van der Waals surface area contributed by atoms with Crippen molar-refractivity contribution >= 4 is 12.1 Å². The highest BCUT2D eigenvalue weighted by atomic mass is 16.6. The molecule has 0 bridgehead atoms. The third kappa shape index (κ3) is 3.80. The van der Waals surface area contributed by atoms with Crippen LogP contribution in [0.1, 0.15) is 56.0 Å². The summed E-state index contributed by atoms with van der Waals surface area (Å²) >= 11 is 0. The fraction of sp³-hybridized carbons (Fsp3) is 0.556. The van der Waals surface area contributed by atoms with Crippen molar-refractivity contribution in [1.82, 2.24) is 5.32 Å². The summed E-state index contributed by atoms with van der Waals surface area (Å²) < 4.78 is 16.4. The quantitative estimate of drug-likeness (QED) is 0.860. The Kier molecular flexibility index (Phi) is 4.39. The van der Waals surface area contributed by atoms with Crippen LogP contribution < -0.4 is 10.1 Å². The van der Waals surface area contributed by atoms with Crippen molar-refractivity contribution in [3.8, 4) is 5.75 Å². The van der Waals surface area contributed by atoms with Crippen molar-refractivity contribution in [2.45, 2.75) is 64.4 Å². The van der Waals surface area contributed by atoms with Gasteiger partial charge in [-0.05, 0) is 58.2 Å². The first-order chi connectivity index (χ1) is 11.3. The van der Waals surface area contributed by atoms with E-state index in [1.165, 1.54) is 0 Å². The van der Waals surface area contributed by atoms with E-state index in [0.717, 1.165) is 24.8 Å². The van der Waals surface area contributed by atoms with Gasteiger partial charge in [-0.1, -0.05) is 0 Å². The second kappa shape index (κ2) is 6.34. The molecule has 1 heterocycles. The molecular formula is C18H23NO5. The Morgan fingerprint density at radius 3 is 2.83 bits per heavy atom. The largest absolute Gasteiger partial charge is 0.488 e. The van der Waals surface area contributed by atoms with Gasteiger partial charge in [0.2, 0.25) is 0 Å². The number of hydrogen-bond donors (Lipinski definition) is 1. The molecule has 1 aliphatic carbocycles. The molecule has 0 spiro atoms. The third-order valence-corrected chi connectivity index (χ3v) is 4.10. The van der Waals surface area contributed by atoms with Gasteiger partial charge in [0.15, 0.2) is 0 Å². The highest BCUT2D eigenvalue weighted by Crippen LogP contribution is 2.29. The number of amides is 1. The van der Waals surface area contributed by atoms with E-state index in [1.54, 1.807) is 12.1 Å². The highest BCUT2D eigenvalue weighted by Gasteiger charge is 2.32. The van der Waals surface area contributed by atoms with Gasteiger partial charge in [-0.3, -0.25) is 0 Å². The van der Waals surface area contributed by atoms with Gasteiger partial charge in [0, 0.05) is 5.56 Å². The zero-order valence-electron chi connectivity index (χ0n) is 14.3. The lowest BCUT2D eigenvalue weighted by Crippen LogP contribution is -2.44. The Balaban J connectivity index is 1.62. The van der Waals surface area contributed by atoms with Crippen LogP contribution in [0.2, 0.25) is 0 Å². The van der Waals surface area contributed by atoms with Gasteiger partial charge in [0.25, 0.3) is 0 Å². The SMILES string of the molecule is CC(C)(C)OC(=O)N[C@H]1CCC[C@@H]1Oc1ccc2c(c1)COC2=O. The van der Waals surface area contributed by atoms with Crippen LogP contribution >= 0.6 is 0 Å². The molecular weight excluding hydrogens is 310 g/mol. The van der Waals surface area contributed by atoms with E-state index in [4.69, 9.17) is 14.2 Å². The molecule has 1 N–H and O–H groups in total. The number of esters is 1. The van der Waals surface area contributed by atoms with Crippen LogP contribution in [-0.4, -0.2) is 29.8 Å². The van der Waals surface area contributed by atoms with E-state index in [-0.39, 0.29) is 24.7 Å². The number of alkyl carbamates (subject to hydrolysis) is 1. The first kappa shape index (κ1) is 16.6. The Labute approximate surface area is 141 Å². The van der Waals surface area contributed by atoms with E-state index in [2.05, 4.69) is 5.32 Å². The number of carbonyl (C=O) groups is 2. The first-order valence-electron chi connectivity index (χ1n) is 8.28. The van der Waals surface area contributed by atoms with Gasteiger partial charge in [-0.2, -0.15) is 0 Å². The van der Waals surface area contributed by atoms with Crippen molar-refractivity contribution in [2.24, 2.45) is 0 Å². The van der Waals surface area contributed by atoms with E-state index < -0.39 is 11.7 Å². The average molecular weight is 333 g/mol. The second-order valence-corrected chi connectivity index (χ2v) is 7.24. The minimum Gasteiger partial charge on any atom is -0.488 e. The number of rotatable bonds is 3. The predicted molar refractivity (Wildman–Crippen MR) is 87.0 cm³/mol. The van der Waals surface area contributed by atoms with E-state index in [9.17, 15) is 9.59 Å². The lowest BCUT2D eigenvalue weighted by atomic mass is 10.1. The van der Waals surface area contributed by atoms with Crippen LogP contribution in [0.25, 0.3) is 0 Å². The number of benzene rings is 1. The summed E-state index contributed by atoms with van der Waals surface area (Å²) in [5.41, 5.74) is 0.912. The molecule has 2 atom stereocenters. The zero-order chi connectivity index (χ0) is 17.3. The van der Waals surface area contributed by atoms with Crippen molar-refractivity contribution in [3.05, 3.63) is 29.3 Å². The van der Waals surface area contributed by atoms with E-state index >= 15 is 0 Å². The van der Waals surface area contributed by atoms with E-state index in [0.29, 0.717) is 11.3 Å². The van der Waals surface area contributed by atoms with Crippen LogP contribution in [0, 0.1) is 0 Å². The van der Waals surface area contributed by atoms with E-state index in [1.807, 2.05) is 26.8 Å². The van der Waals surface area contributed by atoms with Crippen molar-refractivity contribution < 1.29 is 23.8 Å². The number of cyclic esters (lactones) is 1. The van der Waals surface area contributed by atoms with Gasteiger partial charge in [0.05, 0.1) is 11.6 Å². The molecule has 130 valence electrons. The molecule has 0 unspecified atom stereocenters. The van der Waals surface area contributed by atoms with Crippen LogP contribution in [-0.2, 0) is 16.1 Å². The molecule has 0 radical (unpaired) electrons. The Morgan fingerprint density at radius 2 is 2.08 bits per heavy atom. The third-order valence-electron chi connectivity index (χ3n) is 4.10. The van der Waals surface area contributed by atoms with Gasteiger partial charge in [-0.15, -0.1) is 0 Å². The molecule has 1 aliphatic heterocycles. The van der Waals surface area contributed by atoms with Gasteiger partial charge >= 0.3 is 12.1 Å². The minimum absolute atomic E-state index is 0.0778. The number of ether oxygens (including phenoxy) is 3. The Hall–Kier alpha value is -2.24. The summed E-state index contributed by atoms with van der Waals surface area (Å²) in [7, 11) is 0. The summed E-state index contributed by atoms with van der Waals surface area (Å²) in [6, 6.07) is 5.26. The smallest absolute Gasteiger partial charge is 0.408 e. The highest BCUT2D eigenvalue weighted by molar-refractivity contribution is 5.93. The normalized spacial score (nSPS) is 22.7. The topological polar surface area (TPSA) is 73.9 Å². The van der Waals surface area contributed by atoms with Gasteiger partial charge < -0.3 is 19.5 Å². The molecule has 2 aliphatic rings. The van der Waals surface area contributed by atoms with Crippen molar-refractivity contribution in [3.63, 3.8) is 0 Å². The number of carbonyl (C=O) groups excluding carboxylic acids is 2. The molecule has 3 rings (SSSR count). The molecule has 6 heteroatoms. The summed E-state index contributed by atoms with van der Waals surface area (Å²) in [6.07, 6.45) is 2.19. The molecule has 24 heavy (non-hydrogen) atoms. The van der Waals surface area contributed by atoms with Crippen LogP contribution in [0.5, 0.6) is 5.75 Å². The average Bonchev–Trinajstić information content (AvgIpc) is 3.05. The van der Waals surface area contributed by atoms with Gasteiger partial charge in [-0.25, -0.2) is 9.59 Å². The van der Waals surface area contributed by atoms with Crippen molar-refractivity contribution in [1.29, 1.82) is 0 Å². The number of nitrogens with one attached hydrogen (secondary N) is 1. The molecule has 1 aromatic rings. The maximum absolute atomic E-state index is 12.0. The molecule has 6 nitrogen and oxygen atoms in total. The second-order valence-electron chi connectivity index (χ2n) is 7.24. The van der Waals surface area contributed by atoms with Crippen molar-refractivity contribution in [2.75, 3.05) is 0 Å². The summed E-state index contributed by atoms with van der Waals surface area (Å²) in [6.45, 7) is 5.80. The minimum atomic E-state index is -0.522. The predicted octanol–water partition coefficient (Wildman–Crippen LogP) is 3.18. The standard InChI is InChI=1S/C18H23NO5/c1-18(2,3)24-17(21)19-14-5-4-6-15(14)23-12-7-8-13-11(9-12)10-22-16(13)20/h7-9,14-15H,4-6,10H2,1-3H3,(H,19,21)/t14-,15-/m0/s1. The molecule has 1 fully saturated rings. The van der Waals surface area contributed by atoms with Crippen LogP contribution in [0.3, 0.4) is 0 Å². The maximum Gasteiger partial charge on any atom is 0.408 e. The lowest BCUT2D eigenvalue weighted by Gasteiger charge is -2.25. The molecule has 1 amide bonds. The van der Waals surface area contributed by atoms with Crippen LogP contribution in [0.15, 0.2) is 18.2 Å². The first-order valence-corrected chi connectivity index (χ1v) is 8.28. The summed E-state index contributed by atoms with van der Waals surface area (Å²) in [4.78, 5) is 23.4. The Bertz CT molecular complexity index is 649. The monoisotopic (exact) mass is 333 g/mol. The lowest BCUT2D eigenvalue weighted by molar-refractivity contribution is 0.0463. The molecule has 0 aromatic heterocycles. The maximum atomic E-state index is 12.0.